The number of carbonyl (C=O) groups is 1. The van der Waals surface area contributed by atoms with Crippen molar-refractivity contribution in [3.05, 3.63) is 40.7 Å². The number of ether oxygens (including phenoxy) is 1. The van der Waals surface area contributed by atoms with Crippen LogP contribution in [-0.4, -0.2) is 12.1 Å². The number of esters is 1. The highest BCUT2D eigenvalue weighted by molar-refractivity contribution is 5.90. The van der Waals surface area contributed by atoms with Gasteiger partial charge in [0.05, 0.1) is 12.1 Å². The van der Waals surface area contributed by atoms with Gasteiger partial charge >= 0.3 is 5.97 Å². The van der Waals surface area contributed by atoms with Crippen LogP contribution in [0.5, 0.6) is 0 Å². The summed E-state index contributed by atoms with van der Waals surface area (Å²) in [7, 11) is 0. The molecule has 25 heavy (non-hydrogen) atoms. The molecule has 0 radical (unpaired) electrons. The fourth-order valence-electron chi connectivity index (χ4n) is 3.82. The summed E-state index contributed by atoms with van der Waals surface area (Å²) >= 11 is 0. The van der Waals surface area contributed by atoms with Crippen LogP contribution in [0.3, 0.4) is 0 Å². The number of nitrogens with zero attached hydrogens (tertiary/aromatic N) is 1. The first-order valence-corrected chi connectivity index (χ1v) is 9.36. The molecule has 3 atom stereocenters. The molecule has 1 aliphatic carbocycles. The molecule has 0 N–H and O–H groups in total. The largest absolute Gasteiger partial charge is 0.458 e. The maximum Gasteiger partial charge on any atom is 0.338 e. The van der Waals surface area contributed by atoms with Crippen molar-refractivity contribution in [3.63, 3.8) is 0 Å². The van der Waals surface area contributed by atoms with Gasteiger partial charge < -0.3 is 4.74 Å². The minimum atomic E-state index is -0.258. The third-order valence-electron chi connectivity index (χ3n) is 5.38. The summed E-state index contributed by atoms with van der Waals surface area (Å²) in [5.74, 6) is 1.29. The number of benzene rings is 1. The van der Waals surface area contributed by atoms with Crippen molar-refractivity contribution in [2.75, 3.05) is 0 Å². The van der Waals surface area contributed by atoms with Crippen molar-refractivity contribution in [2.45, 2.75) is 72.3 Å². The highest BCUT2D eigenvalue weighted by Gasteiger charge is 2.33. The first-order chi connectivity index (χ1) is 11.6. The average molecular weight is 341 g/mol. The molecule has 3 heteroatoms. The maximum atomic E-state index is 12.8. The van der Waals surface area contributed by atoms with Crippen LogP contribution in [0.15, 0.2) is 18.2 Å². The van der Waals surface area contributed by atoms with Crippen molar-refractivity contribution in [3.8, 4) is 0 Å². The summed E-state index contributed by atoms with van der Waals surface area (Å²) in [5.41, 5.74) is 1.87. The van der Waals surface area contributed by atoms with Crippen LogP contribution in [-0.2, 0) is 10.2 Å². The van der Waals surface area contributed by atoms with E-state index in [1.807, 2.05) is 6.07 Å². The van der Waals surface area contributed by atoms with Crippen LogP contribution in [0.1, 0.15) is 76.7 Å². The zero-order valence-corrected chi connectivity index (χ0v) is 16.4. The lowest BCUT2D eigenvalue weighted by Crippen LogP contribution is -2.35. The Labute approximate surface area is 152 Å². The first kappa shape index (κ1) is 19.5. The van der Waals surface area contributed by atoms with Crippen LogP contribution in [0, 0.1) is 24.3 Å². The predicted octanol–water partition coefficient (Wildman–Crippen LogP) is 6.15. The van der Waals surface area contributed by atoms with Gasteiger partial charge in [-0.2, -0.15) is 0 Å². The molecule has 0 bridgehead atoms. The van der Waals surface area contributed by atoms with Crippen molar-refractivity contribution >= 4 is 11.7 Å². The van der Waals surface area contributed by atoms with Gasteiger partial charge in [0.15, 0.2) is 5.69 Å². The number of carbonyl (C=O) groups excluding carboxylic acids is 1. The van der Waals surface area contributed by atoms with E-state index in [1.165, 1.54) is 6.42 Å². The van der Waals surface area contributed by atoms with Gasteiger partial charge in [0.2, 0.25) is 0 Å². The topological polar surface area (TPSA) is 30.7 Å². The van der Waals surface area contributed by atoms with Crippen LogP contribution < -0.4 is 0 Å². The van der Waals surface area contributed by atoms with Crippen molar-refractivity contribution in [1.82, 2.24) is 0 Å². The molecule has 1 fully saturated rings. The summed E-state index contributed by atoms with van der Waals surface area (Å²) < 4.78 is 5.95. The van der Waals surface area contributed by atoms with E-state index in [4.69, 9.17) is 11.3 Å². The number of hydrogen-bond acceptors (Lipinski definition) is 2. The van der Waals surface area contributed by atoms with Gasteiger partial charge in [0.1, 0.15) is 6.10 Å². The minimum Gasteiger partial charge on any atom is -0.458 e. The lowest BCUT2D eigenvalue weighted by molar-refractivity contribution is -0.0174. The highest BCUT2D eigenvalue weighted by Crippen LogP contribution is 2.36. The molecule has 136 valence electrons. The molecule has 1 aromatic rings. The van der Waals surface area contributed by atoms with E-state index in [9.17, 15) is 4.79 Å². The van der Waals surface area contributed by atoms with Crippen LogP contribution in [0.2, 0.25) is 0 Å². The Balaban J connectivity index is 2.24. The summed E-state index contributed by atoms with van der Waals surface area (Å²) in [4.78, 5) is 16.4. The SMILES string of the molecule is [C-]#[N+]c1ccc(C(=O)O[C@H]2C[C@H](C)CC[C@@H]2C(C)C)cc1C(C)(C)C. The van der Waals surface area contributed by atoms with Crippen molar-refractivity contribution < 1.29 is 9.53 Å². The fourth-order valence-corrected chi connectivity index (χ4v) is 3.82. The van der Waals surface area contributed by atoms with Gasteiger partial charge in [0, 0.05) is 0 Å². The van der Waals surface area contributed by atoms with E-state index in [0.29, 0.717) is 29.0 Å². The molecule has 0 aliphatic heterocycles. The van der Waals surface area contributed by atoms with Crippen LogP contribution in [0.4, 0.5) is 5.69 Å². The van der Waals surface area contributed by atoms with Gasteiger partial charge in [-0.25, -0.2) is 9.64 Å². The smallest absolute Gasteiger partial charge is 0.338 e. The Morgan fingerprint density at radius 3 is 2.52 bits per heavy atom. The van der Waals surface area contributed by atoms with E-state index in [1.54, 1.807) is 12.1 Å². The Hall–Kier alpha value is -1.82. The van der Waals surface area contributed by atoms with E-state index >= 15 is 0 Å². The second kappa shape index (κ2) is 7.60. The molecule has 1 aromatic carbocycles. The van der Waals surface area contributed by atoms with Gasteiger partial charge in [-0.05, 0) is 41.6 Å². The van der Waals surface area contributed by atoms with Gasteiger partial charge in [-0.15, -0.1) is 0 Å². The molecular formula is C22H31NO2. The standard InChI is InChI=1S/C22H31NO2/c1-14(2)17-10-8-15(3)12-20(17)25-21(24)16-9-11-19(23-7)18(13-16)22(4,5)6/h9,11,13-15,17,20H,8,10,12H2,1-6H3/t15-,17-,20+/m1/s1. The molecule has 1 saturated carbocycles. The maximum absolute atomic E-state index is 12.8. The lowest BCUT2D eigenvalue weighted by Gasteiger charge is -2.36. The summed E-state index contributed by atoms with van der Waals surface area (Å²) in [5, 5.41) is 0. The quantitative estimate of drug-likeness (QED) is 0.487. The summed E-state index contributed by atoms with van der Waals surface area (Å²) in [6, 6.07) is 5.31. The Bertz CT molecular complexity index is 664. The first-order valence-electron chi connectivity index (χ1n) is 9.36. The molecule has 1 aliphatic rings. The number of rotatable bonds is 3. The monoisotopic (exact) mass is 341 g/mol. The Morgan fingerprint density at radius 1 is 1.28 bits per heavy atom. The molecule has 3 nitrogen and oxygen atoms in total. The molecule has 0 aromatic heterocycles. The highest BCUT2D eigenvalue weighted by atomic mass is 16.5. The number of hydrogen-bond donors (Lipinski definition) is 0. The average Bonchev–Trinajstić information content (AvgIpc) is 2.53. The second-order valence-electron chi connectivity index (χ2n) is 8.86. The second-order valence-corrected chi connectivity index (χ2v) is 8.86. The molecule has 2 rings (SSSR count). The molecule has 0 unspecified atom stereocenters. The van der Waals surface area contributed by atoms with E-state index < -0.39 is 0 Å². The molecule has 0 saturated heterocycles. The van der Waals surface area contributed by atoms with Gasteiger partial charge in [0.25, 0.3) is 0 Å². The molecule has 0 amide bonds. The van der Waals surface area contributed by atoms with E-state index in [0.717, 1.165) is 18.4 Å². The molecule has 0 spiro atoms. The van der Waals surface area contributed by atoms with E-state index in [-0.39, 0.29) is 17.5 Å². The van der Waals surface area contributed by atoms with Crippen molar-refractivity contribution in [2.24, 2.45) is 17.8 Å². The molecular weight excluding hydrogens is 310 g/mol. The fraction of sp³-hybridized carbons (Fsp3) is 0.636. The molecule has 0 heterocycles. The van der Waals surface area contributed by atoms with Gasteiger partial charge in [-0.1, -0.05) is 66.2 Å². The zero-order chi connectivity index (χ0) is 18.8. The lowest BCUT2D eigenvalue weighted by atomic mass is 9.75. The Kier molecular flexibility index (Phi) is 5.93. The van der Waals surface area contributed by atoms with E-state index in [2.05, 4.69) is 46.4 Å². The predicted molar refractivity (Wildman–Crippen MR) is 102 cm³/mol. The van der Waals surface area contributed by atoms with Crippen LogP contribution >= 0.6 is 0 Å². The summed E-state index contributed by atoms with van der Waals surface area (Å²) in [6.45, 7) is 20.2. The van der Waals surface area contributed by atoms with Crippen molar-refractivity contribution in [1.29, 1.82) is 0 Å². The zero-order valence-electron chi connectivity index (χ0n) is 16.4. The van der Waals surface area contributed by atoms with Crippen LogP contribution in [0.25, 0.3) is 4.85 Å². The summed E-state index contributed by atoms with van der Waals surface area (Å²) in [6.07, 6.45) is 3.28. The minimum absolute atomic E-state index is 0.00474. The normalized spacial score (nSPS) is 24.0. The third kappa shape index (κ3) is 4.63. The Morgan fingerprint density at radius 2 is 1.96 bits per heavy atom. The third-order valence-corrected chi connectivity index (χ3v) is 5.38. The van der Waals surface area contributed by atoms with Gasteiger partial charge in [-0.3, -0.25) is 0 Å².